The summed E-state index contributed by atoms with van der Waals surface area (Å²) in [6.07, 6.45) is 6.23. The predicted molar refractivity (Wildman–Crippen MR) is 99.1 cm³/mol. The number of rotatable bonds is 2. The zero-order valence-corrected chi connectivity index (χ0v) is 14.3. The van der Waals surface area contributed by atoms with Crippen molar-refractivity contribution in [1.29, 1.82) is 0 Å². The van der Waals surface area contributed by atoms with Crippen LogP contribution in [0.4, 0.5) is 0 Å². The van der Waals surface area contributed by atoms with Crippen molar-refractivity contribution in [2.75, 3.05) is 0 Å². The molecule has 1 aliphatic carbocycles. The topological polar surface area (TPSA) is 25.5 Å². The maximum Gasteiger partial charge on any atom is 0.136 e. The molecule has 1 fully saturated rings. The molecule has 1 saturated carbocycles. The van der Waals surface area contributed by atoms with E-state index in [2.05, 4.69) is 18.2 Å². The Morgan fingerprint density at radius 2 is 1.71 bits per heavy atom. The van der Waals surface area contributed by atoms with E-state index in [4.69, 9.17) is 21.0 Å². The van der Waals surface area contributed by atoms with E-state index < -0.39 is 0 Å². The molecule has 0 bridgehead atoms. The summed E-state index contributed by atoms with van der Waals surface area (Å²) in [7, 11) is 0. The van der Waals surface area contributed by atoms with Gasteiger partial charge in [-0.1, -0.05) is 61.2 Å². The first kappa shape index (κ1) is 15.5. The van der Waals surface area contributed by atoms with Gasteiger partial charge in [0.05, 0.1) is 11.4 Å². The average Bonchev–Trinajstić information content (AvgIpc) is 2.63. The first-order chi connectivity index (χ1) is 11.8. The van der Waals surface area contributed by atoms with Crippen LogP contribution in [0.3, 0.4) is 0 Å². The fraction of sp³-hybridized carbons (Fsp3) is 0.286. The van der Waals surface area contributed by atoms with Crippen LogP contribution < -0.4 is 5.36 Å². The maximum atomic E-state index is 6.21. The van der Waals surface area contributed by atoms with Crippen molar-refractivity contribution < 1.29 is 4.42 Å². The second kappa shape index (κ2) is 6.82. The van der Waals surface area contributed by atoms with Gasteiger partial charge in [0.25, 0.3) is 0 Å². The fourth-order valence-electron chi connectivity index (χ4n) is 3.40. The number of halogens is 1. The Labute approximate surface area is 146 Å². The largest absolute Gasteiger partial charge is 0.456 e. The van der Waals surface area contributed by atoms with Crippen LogP contribution in [-0.4, -0.2) is 6.04 Å². The van der Waals surface area contributed by atoms with Gasteiger partial charge in [0.1, 0.15) is 11.3 Å². The van der Waals surface area contributed by atoms with E-state index >= 15 is 0 Å². The summed E-state index contributed by atoms with van der Waals surface area (Å²) in [4.78, 5) is 5.05. The maximum absolute atomic E-state index is 6.21. The minimum atomic E-state index is 0.409. The van der Waals surface area contributed by atoms with E-state index in [1.165, 1.54) is 32.1 Å². The molecule has 24 heavy (non-hydrogen) atoms. The molecular weight excluding hydrogens is 318 g/mol. The van der Waals surface area contributed by atoms with E-state index in [0.717, 1.165) is 27.7 Å². The molecule has 0 unspecified atom stereocenters. The highest BCUT2D eigenvalue weighted by Crippen LogP contribution is 2.25. The van der Waals surface area contributed by atoms with Crippen LogP contribution in [-0.2, 0) is 0 Å². The predicted octanol–water partition coefficient (Wildman–Crippen LogP) is 5.99. The number of nitrogens with zero attached hydrogens (tertiary/aromatic N) is 1. The second-order valence-electron chi connectivity index (χ2n) is 6.42. The molecule has 1 aromatic heterocycles. The van der Waals surface area contributed by atoms with Crippen molar-refractivity contribution in [3.8, 4) is 11.3 Å². The van der Waals surface area contributed by atoms with Crippen molar-refractivity contribution in [2.45, 2.75) is 38.1 Å². The van der Waals surface area contributed by atoms with Gasteiger partial charge in [0, 0.05) is 22.0 Å². The third kappa shape index (κ3) is 3.25. The highest BCUT2D eigenvalue weighted by molar-refractivity contribution is 6.31. The van der Waals surface area contributed by atoms with E-state index in [0.29, 0.717) is 11.1 Å². The summed E-state index contributed by atoms with van der Waals surface area (Å²) in [6, 6.07) is 18.4. The molecule has 0 atom stereocenters. The van der Waals surface area contributed by atoms with Gasteiger partial charge < -0.3 is 4.42 Å². The SMILES string of the molecule is Clc1ccc2oc(-c3ccccc3)cc(=NC3CCCCC3)c2c1. The zero-order chi connectivity index (χ0) is 16.4. The lowest BCUT2D eigenvalue weighted by Gasteiger charge is -2.17. The smallest absolute Gasteiger partial charge is 0.136 e. The van der Waals surface area contributed by atoms with Gasteiger partial charge >= 0.3 is 0 Å². The lowest BCUT2D eigenvalue weighted by atomic mass is 9.96. The molecule has 0 amide bonds. The van der Waals surface area contributed by atoms with E-state index in [1.54, 1.807) is 0 Å². The minimum Gasteiger partial charge on any atom is -0.456 e. The van der Waals surface area contributed by atoms with Gasteiger partial charge in [-0.15, -0.1) is 0 Å². The van der Waals surface area contributed by atoms with Gasteiger partial charge in [0.15, 0.2) is 0 Å². The third-order valence-electron chi connectivity index (χ3n) is 4.66. The summed E-state index contributed by atoms with van der Waals surface area (Å²) in [5, 5.41) is 2.70. The van der Waals surface area contributed by atoms with Gasteiger partial charge in [-0.3, -0.25) is 4.99 Å². The Morgan fingerprint density at radius 3 is 2.50 bits per heavy atom. The highest BCUT2D eigenvalue weighted by atomic mass is 35.5. The molecule has 3 aromatic rings. The van der Waals surface area contributed by atoms with Crippen LogP contribution in [0.1, 0.15) is 32.1 Å². The van der Waals surface area contributed by atoms with Crippen LogP contribution in [0.25, 0.3) is 22.3 Å². The van der Waals surface area contributed by atoms with Crippen LogP contribution >= 0.6 is 11.6 Å². The van der Waals surface area contributed by atoms with Crippen LogP contribution in [0.5, 0.6) is 0 Å². The van der Waals surface area contributed by atoms with E-state index in [1.807, 2.05) is 36.4 Å². The van der Waals surface area contributed by atoms with Crippen molar-refractivity contribution in [3.05, 3.63) is 65.0 Å². The minimum absolute atomic E-state index is 0.409. The molecule has 0 radical (unpaired) electrons. The summed E-state index contributed by atoms with van der Waals surface area (Å²) in [5.41, 5.74) is 1.89. The van der Waals surface area contributed by atoms with Crippen molar-refractivity contribution in [1.82, 2.24) is 0 Å². The van der Waals surface area contributed by atoms with E-state index in [-0.39, 0.29) is 0 Å². The van der Waals surface area contributed by atoms with Gasteiger partial charge in [-0.2, -0.15) is 0 Å². The number of benzene rings is 2. The summed E-state index contributed by atoms with van der Waals surface area (Å²) < 4.78 is 6.11. The molecule has 0 saturated heterocycles. The molecule has 2 aromatic carbocycles. The molecule has 2 nitrogen and oxygen atoms in total. The highest BCUT2D eigenvalue weighted by Gasteiger charge is 2.13. The Bertz CT molecular complexity index is 908. The Hall–Kier alpha value is -2.06. The van der Waals surface area contributed by atoms with Crippen molar-refractivity contribution >= 4 is 22.6 Å². The van der Waals surface area contributed by atoms with Crippen LogP contribution in [0.15, 0.2) is 64.0 Å². The monoisotopic (exact) mass is 337 g/mol. The first-order valence-electron chi connectivity index (χ1n) is 8.62. The Balaban J connectivity index is 1.91. The number of hydrogen-bond donors (Lipinski definition) is 0. The van der Waals surface area contributed by atoms with E-state index in [9.17, 15) is 0 Å². The standard InChI is InChI=1S/C21H20ClNO/c22-16-11-12-20-18(13-16)19(23-17-9-5-2-6-10-17)14-21(24-20)15-7-3-1-4-8-15/h1,3-4,7-8,11-14,17H,2,5-6,9-10H2. The van der Waals surface area contributed by atoms with Gasteiger partial charge in [0.2, 0.25) is 0 Å². The Morgan fingerprint density at radius 1 is 0.917 bits per heavy atom. The quantitative estimate of drug-likeness (QED) is 0.564. The molecule has 1 aliphatic rings. The second-order valence-corrected chi connectivity index (χ2v) is 6.86. The summed E-state index contributed by atoms with van der Waals surface area (Å²) in [6.45, 7) is 0. The number of hydrogen-bond acceptors (Lipinski definition) is 2. The first-order valence-corrected chi connectivity index (χ1v) is 9.00. The van der Waals surface area contributed by atoms with Crippen LogP contribution in [0, 0.1) is 0 Å². The molecule has 1 heterocycles. The van der Waals surface area contributed by atoms with Crippen molar-refractivity contribution in [2.24, 2.45) is 4.99 Å². The molecule has 0 spiro atoms. The zero-order valence-electron chi connectivity index (χ0n) is 13.5. The van der Waals surface area contributed by atoms with Gasteiger partial charge in [-0.05, 0) is 31.0 Å². The van der Waals surface area contributed by atoms with Crippen LogP contribution in [0.2, 0.25) is 5.02 Å². The lowest BCUT2D eigenvalue weighted by Crippen LogP contribution is -2.15. The molecular formula is C21H20ClNO. The molecule has 4 rings (SSSR count). The van der Waals surface area contributed by atoms with Crippen molar-refractivity contribution in [3.63, 3.8) is 0 Å². The average molecular weight is 338 g/mol. The normalized spacial score (nSPS) is 16.6. The molecule has 3 heteroatoms. The third-order valence-corrected chi connectivity index (χ3v) is 4.90. The molecule has 0 aliphatic heterocycles. The molecule has 122 valence electrons. The van der Waals surface area contributed by atoms with Gasteiger partial charge in [-0.25, -0.2) is 0 Å². The lowest BCUT2D eigenvalue weighted by molar-refractivity contribution is 0.437. The Kier molecular flexibility index (Phi) is 4.40. The summed E-state index contributed by atoms with van der Waals surface area (Å²) in [5.74, 6) is 0.847. The molecule has 0 N–H and O–H groups in total. The fourth-order valence-corrected chi connectivity index (χ4v) is 3.57. The number of fused-ring (bicyclic) bond motifs is 1. The summed E-state index contributed by atoms with van der Waals surface area (Å²) >= 11 is 6.21.